The maximum Gasteiger partial charge on any atom is 0.0354 e. The van der Waals surface area contributed by atoms with Crippen LogP contribution < -0.4 is 5.73 Å². The molecule has 18 heavy (non-hydrogen) atoms. The molecule has 1 atom stereocenters. The summed E-state index contributed by atoms with van der Waals surface area (Å²) in [6.07, 6.45) is 7.39. The Bertz CT molecular complexity index is 386. The van der Waals surface area contributed by atoms with Crippen LogP contribution in [0.25, 0.3) is 0 Å². The molecule has 3 nitrogen and oxygen atoms in total. The number of nitrogens with two attached hydrogens (primary N) is 1. The molecule has 1 aliphatic carbocycles. The third kappa shape index (κ3) is 2.43. The number of hydrogen-bond acceptors (Lipinski definition) is 3. The predicted molar refractivity (Wildman–Crippen MR) is 75.4 cm³/mol. The number of nitrogens with zero attached hydrogens (tertiary/aromatic N) is 2. The minimum absolute atomic E-state index is 0.125. The number of rotatable bonds is 6. The highest BCUT2D eigenvalue weighted by Crippen LogP contribution is 2.55. The van der Waals surface area contributed by atoms with Gasteiger partial charge in [0.2, 0.25) is 0 Å². The van der Waals surface area contributed by atoms with E-state index in [-0.39, 0.29) is 5.54 Å². The molecular formula is C15H25N3. The summed E-state index contributed by atoms with van der Waals surface area (Å²) in [6.45, 7) is 6.46. The first-order chi connectivity index (χ1) is 8.52. The van der Waals surface area contributed by atoms with Gasteiger partial charge in [-0.2, -0.15) is 0 Å². The Morgan fingerprint density at radius 2 is 2.00 bits per heavy atom. The summed E-state index contributed by atoms with van der Waals surface area (Å²) in [6, 6.07) is 4.18. The van der Waals surface area contributed by atoms with Crippen LogP contribution in [0.5, 0.6) is 0 Å². The minimum atomic E-state index is 0.125. The van der Waals surface area contributed by atoms with Crippen molar-refractivity contribution in [2.24, 2.45) is 11.1 Å². The van der Waals surface area contributed by atoms with Gasteiger partial charge in [-0.3, -0.25) is 9.88 Å². The summed E-state index contributed by atoms with van der Waals surface area (Å²) < 4.78 is 0. The van der Waals surface area contributed by atoms with Crippen molar-refractivity contribution in [2.75, 3.05) is 20.1 Å². The zero-order valence-corrected chi connectivity index (χ0v) is 11.8. The van der Waals surface area contributed by atoms with E-state index in [1.54, 1.807) is 0 Å². The van der Waals surface area contributed by atoms with Crippen molar-refractivity contribution in [1.29, 1.82) is 0 Å². The largest absolute Gasteiger partial charge is 0.329 e. The van der Waals surface area contributed by atoms with E-state index in [0.29, 0.717) is 5.41 Å². The maximum atomic E-state index is 6.05. The second-order valence-corrected chi connectivity index (χ2v) is 6.07. The summed E-state index contributed by atoms with van der Waals surface area (Å²) in [5.74, 6) is 0. The summed E-state index contributed by atoms with van der Waals surface area (Å²) in [5, 5.41) is 0. The van der Waals surface area contributed by atoms with Crippen LogP contribution in [0.2, 0.25) is 0 Å². The normalized spacial score (nSPS) is 20.7. The first-order valence-electron chi connectivity index (χ1n) is 6.82. The highest BCUT2D eigenvalue weighted by Gasteiger charge is 2.53. The Balaban J connectivity index is 1.96. The van der Waals surface area contributed by atoms with E-state index in [1.165, 1.54) is 18.4 Å². The van der Waals surface area contributed by atoms with Gasteiger partial charge in [-0.15, -0.1) is 0 Å². The Morgan fingerprint density at radius 3 is 2.50 bits per heavy atom. The van der Waals surface area contributed by atoms with E-state index in [0.717, 1.165) is 19.5 Å². The van der Waals surface area contributed by atoms with E-state index in [9.17, 15) is 0 Å². The first kappa shape index (κ1) is 13.5. The van der Waals surface area contributed by atoms with Gasteiger partial charge in [0.05, 0.1) is 0 Å². The van der Waals surface area contributed by atoms with E-state index in [2.05, 4.69) is 42.9 Å². The standard InChI is InChI=1S/C15H25N3/c1-14(7-8-14)15(2,12-16)18(3)11-6-13-4-9-17-10-5-13/h4-5,9-10H,6-8,11-12,16H2,1-3H3. The highest BCUT2D eigenvalue weighted by atomic mass is 15.2. The van der Waals surface area contributed by atoms with Gasteiger partial charge in [-0.1, -0.05) is 6.92 Å². The van der Waals surface area contributed by atoms with Crippen molar-refractivity contribution < 1.29 is 0 Å². The van der Waals surface area contributed by atoms with Crippen molar-refractivity contribution in [3.63, 3.8) is 0 Å². The van der Waals surface area contributed by atoms with Crippen molar-refractivity contribution in [3.8, 4) is 0 Å². The molecule has 0 saturated heterocycles. The molecule has 0 bridgehead atoms. The third-order valence-electron chi connectivity index (χ3n) is 5.03. The molecule has 1 unspecified atom stereocenters. The van der Waals surface area contributed by atoms with Crippen LogP contribution in [0.4, 0.5) is 0 Å². The van der Waals surface area contributed by atoms with Gasteiger partial charge in [0.25, 0.3) is 0 Å². The highest BCUT2D eigenvalue weighted by molar-refractivity contribution is 5.12. The molecule has 2 rings (SSSR count). The van der Waals surface area contributed by atoms with Gasteiger partial charge < -0.3 is 5.73 Å². The third-order valence-corrected chi connectivity index (χ3v) is 5.03. The lowest BCUT2D eigenvalue weighted by atomic mass is 9.82. The molecule has 1 aromatic rings. The lowest BCUT2D eigenvalue weighted by Crippen LogP contribution is -2.55. The van der Waals surface area contributed by atoms with Crippen molar-refractivity contribution in [2.45, 2.75) is 38.6 Å². The first-order valence-corrected chi connectivity index (χ1v) is 6.82. The lowest BCUT2D eigenvalue weighted by molar-refractivity contribution is 0.0739. The van der Waals surface area contributed by atoms with Crippen LogP contribution in [0, 0.1) is 5.41 Å². The van der Waals surface area contributed by atoms with Gasteiger partial charge in [-0.25, -0.2) is 0 Å². The van der Waals surface area contributed by atoms with E-state index < -0.39 is 0 Å². The molecule has 1 saturated carbocycles. The number of pyridine rings is 1. The fourth-order valence-electron chi connectivity index (χ4n) is 2.68. The van der Waals surface area contributed by atoms with Crippen LogP contribution in [-0.4, -0.2) is 35.6 Å². The van der Waals surface area contributed by atoms with E-state index in [1.807, 2.05) is 12.4 Å². The van der Waals surface area contributed by atoms with Crippen molar-refractivity contribution in [3.05, 3.63) is 30.1 Å². The smallest absolute Gasteiger partial charge is 0.0354 e. The molecule has 0 radical (unpaired) electrons. The molecular weight excluding hydrogens is 222 g/mol. The summed E-state index contributed by atoms with van der Waals surface area (Å²) in [7, 11) is 2.21. The second kappa shape index (κ2) is 4.98. The minimum Gasteiger partial charge on any atom is -0.329 e. The zero-order valence-electron chi connectivity index (χ0n) is 11.8. The van der Waals surface area contributed by atoms with Gasteiger partial charge >= 0.3 is 0 Å². The molecule has 1 heterocycles. The van der Waals surface area contributed by atoms with Crippen LogP contribution >= 0.6 is 0 Å². The lowest BCUT2D eigenvalue weighted by Gasteiger charge is -2.43. The molecule has 1 fully saturated rings. The Labute approximate surface area is 110 Å². The molecule has 2 N–H and O–H groups in total. The molecule has 0 aromatic carbocycles. The van der Waals surface area contributed by atoms with Crippen molar-refractivity contribution >= 4 is 0 Å². The molecule has 0 amide bonds. The average Bonchev–Trinajstić information content (AvgIpc) is 3.15. The van der Waals surface area contributed by atoms with Gasteiger partial charge in [-0.05, 0) is 56.3 Å². The fraction of sp³-hybridized carbons (Fsp3) is 0.667. The Kier molecular flexibility index (Phi) is 3.74. The number of likely N-dealkylation sites (N-methyl/N-ethyl adjacent to an activating group) is 1. The van der Waals surface area contributed by atoms with Gasteiger partial charge in [0, 0.05) is 31.0 Å². The Morgan fingerprint density at radius 1 is 1.39 bits per heavy atom. The summed E-state index contributed by atoms with van der Waals surface area (Å²) in [5.41, 5.74) is 7.93. The molecule has 0 aliphatic heterocycles. The molecule has 0 spiro atoms. The Hall–Kier alpha value is -0.930. The van der Waals surface area contributed by atoms with Crippen LogP contribution in [0.15, 0.2) is 24.5 Å². The molecule has 3 heteroatoms. The summed E-state index contributed by atoms with van der Waals surface area (Å²) in [4.78, 5) is 6.50. The average molecular weight is 247 g/mol. The molecule has 1 aromatic heterocycles. The second-order valence-electron chi connectivity index (χ2n) is 6.07. The van der Waals surface area contributed by atoms with Crippen LogP contribution in [0.3, 0.4) is 0 Å². The van der Waals surface area contributed by atoms with Gasteiger partial charge in [0.15, 0.2) is 0 Å². The maximum absolute atomic E-state index is 6.05. The van der Waals surface area contributed by atoms with Crippen molar-refractivity contribution in [1.82, 2.24) is 9.88 Å². The van der Waals surface area contributed by atoms with E-state index in [4.69, 9.17) is 5.73 Å². The number of hydrogen-bond donors (Lipinski definition) is 1. The van der Waals surface area contributed by atoms with Crippen LogP contribution in [-0.2, 0) is 6.42 Å². The molecule has 100 valence electrons. The molecule has 1 aliphatic rings. The number of aromatic nitrogens is 1. The predicted octanol–water partition coefficient (Wildman–Crippen LogP) is 2.07. The zero-order chi connectivity index (χ0) is 13.2. The van der Waals surface area contributed by atoms with E-state index >= 15 is 0 Å². The summed E-state index contributed by atoms with van der Waals surface area (Å²) >= 11 is 0. The monoisotopic (exact) mass is 247 g/mol. The van der Waals surface area contributed by atoms with Gasteiger partial charge in [0.1, 0.15) is 0 Å². The SMILES string of the molecule is CN(CCc1ccncc1)C(C)(CN)C1(C)CC1. The topological polar surface area (TPSA) is 42.2 Å². The quantitative estimate of drug-likeness (QED) is 0.837. The fourth-order valence-corrected chi connectivity index (χ4v) is 2.68. The van der Waals surface area contributed by atoms with Crippen LogP contribution in [0.1, 0.15) is 32.3 Å².